The predicted molar refractivity (Wildman–Crippen MR) is 84.7 cm³/mol. The molecule has 0 aromatic carbocycles. The first-order valence-electron chi connectivity index (χ1n) is 7.04. The molecular weight excluding hydrogens is 336 g/mol. The van der Waals surface area contributed by atoms with Gasteiger partial charge in [0.2, 0.25) is 5.88 Å². The summed E-state index contributed by atoms with van der Waals surface area (Å²) in [4.78, 5) is 16.1. The molecule has 1 heterocycles. The molecule has 1 aromatic heterocycles. The Morgan fingerprint density at radius 3 is 2.71 bits per heavy atom. The molecule has 1 saturated carbocycles. The van der Waals surface area contributed by atoms with E-state index in [2.05, 4.69) is 26.2 Å². The van der Waals surface area contributed by atoms with Crippen molar-refractivity contribution in [2.45, 2.75) is 46.1 Å². The second-order valence-corrected chi connectivity index (χ2v) is 7.08. The van der Waals surface area contributed by atoms with E-state index in [-0.39, 0.29) is 0 Å². The molecule has 5 nitrogen and oxygen atoms in total. The van der Waals surface area contributed by atoms with E-state index in [4.69, 9.17) is 9.47 Å². The van der Waals surface area contributed by atoms with Gasteiger partial charge in [-0.1, -0.05) is 0 Å². The lowest BCUT2D eigenvalue weighted by atomic mass is 10.2. The maximum Gasteiger partial charge on any atom is 0.412 e. The van der Waals surface area contributed by atoms with E-state index >= 15 is 0 Å². The quantitative estimate of drug-likeness (QED) is 0.817. The molecule has 1 aliphatic carbocycles. The van der Waals surface area contributed by atoms with Crippen LogP contribution in [0.15, 0.2) is 10.7 Å². The fourth-order valence-corrected chi connectivity index (χ4v) is 2.08. The SMILES string of the molecule is Cc1cc(NC(=O)OC(C)(C)C)c(Br)nc1OCC1CC1. The van der Waals surface area contributed by atoms with E-state index in [0.29, 0.717) is 28.7 Å². The fourth-order valence-electron chi connectivity index (χ4n) is 1.70. The monoisotopic (exact) mass is 356 g/mol. The van der Waals surface area contributed by atoms with Crippen molar-refractivity contribution >= 4 is 27.7 Å². The summed E-state index contributed by atoms with van der Waals surface area (Å²) in [6.45, 7) is 8.07. The van der Waals surface area contributed by atoms with Crippen molar-refractivity contribution in [3.8, 4) is 5.88 Å². The van der Waals surface area contributed by atoms with Crippen LogP contribution in [0.4, 0.5) is 10.5 Å². The zero-order valence-electron chi connectivity index (χ0n) is 12.8. The Balaban J connectivity index is 2.02. The van der Waals surface area contributed by atoms with Gasteiger partial charge < -0.3 is 9.47 Å². The average Bonchev–Trinajstić information content (AvgIpc) is 3.13. The summed E-state index contributed by atoms with van der Waals surface area (Å²) in [7, 11) is 0. The number of nitrogens with one attached hydrogen (secondary N) is 1. The zero-order chi connectivity index (χ0) is 15.6. The predicted octanol–water partition coefficient (Wildman–Crippen LogP) is 4.29. The Labute approximate surface area is 133 Å². The number of carbonyl (C=O) groups excluding carboxylic acids is 1. The Kier molecular flexibility index (Phi) is 4.76. The molecule has 0 unspecified atom stereocenters. The summed E-state index contributed by atoms with van der Waals surface area (Å²) in [5, 5.41) is 2.69. The van der Waals surface area contributed by atoms with E-state index in [1.807, 2.05) is 33.8 Å². The van der Waals surface area contributed by atoms with Crippen LogP contribution in [0.25, 0.3) is 0 Å². The molecule has 1 N–H and O–H groups in total. The maximum absolute atomic E-state index is 11.8. The van der Waals surface area contributed by atoms with Crippen LogP contribution in [-0.2, 0) is 4.74 Å². The summed E-state index contributed by atoms with van der Waals surface area (Å²) >= 11 is 3.35. The lowest BCUT2D eigenvalue weighted by molar-refractivity contribution is 0.0635. The molecular formula is C15H21BrN2O3. The molecule has 0 atom stereocenters. The van der Waals surface area contributed by atoms with Gasteiger partial charge >= 0.3 is 6.09 Å². The number of hydrogen-bond donors (Lipinski definition) is 1. The van der Waals surface area contributed by atoms with Gasteiger partial charge in [0.05, 0.1) is 12.3 Å². The molecule has 116 valence electrons. The molecule has 0 radical (unpaired) electrons. The van der Waals surface area contributed by atoms with Crippen LogP contribution in [-0.4, -0.2) is 23.3 Å². The van der Waals surface area contributed by atoms with Crippen molar-refractivity contribution in [1.82, 2.24) is 4.98 Å². The molecule has 0 aliphatic heterocycles. The first-order valence-corrected chi connectivity index (χ1v) is 7.84. The van der Waals surface area contributed by atoms with Gasteiger partial charge in [-0.05, 0) is 68.5 Å². The number of pyridine rings is 1. The summed E-state index contributed by atoms with van der Waals surface area (Å²) in [6.07, 6.45) is 1.97. The van der Waals surface area contributed by atoms with Gasteiger partial charge in [-0.3, -0.25) is 5.32 Å². The number of hydrogen-bond acceptors (Lipinski definition) is 4. The van der Waals surface area contributed by atoms with Crippen LogP contribution in [0.2, 0.25) is 0 Å². The van der Waals surface area contributed by atoms with Gasteiger partial charge in [-0.25, -0.2) is 9.78 Å². The second-order valence-electron chi connectivity index (χ2n) is 6.33. The summed E-state index contributed by atoms with van der Waals surface area (Å²) in [5.74, 6) is 1.27. The van der Waals surface area contributed by atoms with Crippen LogP contribution in [0.5, 0.6) is 5.88 Å². The molecule has 0 bridgehead atoms. The van der Waals surface area contributed by atoms with Crippen molar-refractivity contribution < 1.29 is 14.3 Å². The molecule has 21 heavy (non-hydrogen) atoms. The van der Waals surface area contributed by atoms with Crippen LogP contribution in [0.3, 0.4) is 0 Å². The molecule has 1 fully saturated rings. The van der Waals surface area contributed by atoms with E-state index in [9.17, 15) is 4.79 Å². The standard InChI is InChI=1S/C15H21BrN2O3/c1-9-7-11(17-14(19)21-15(2,3)4)12(16)18-13(9)20-8-10-5-6-10/h7,10H,5-6,8H2,1-4H3,(H,17,19). The summed E-state index contributed by atoms with van der Waals surface area (Å²) in [6, 6.07) is 1.82. The minimum absolute atomic E-state index is 0.504. The van der Waals surface area contributed by atoms with Crippen LogP contribution in [0.1, 0.15) is 39.2 Å². The van der Waals surface area contributed by atoms with Crippen molar-refractivity contribution in [2.24, 2.45) is 5.92 Å². The Morgan fingerprint density at radius 2 is 2.14 bits per heavy atom. The van der Waals surface area contributed by atoms with Crippen molar-refractivity contribution in [2.75, 3.05) is 11.9 Å². The number of amides is 1. The minimum Gasteiger partial charge on any atom is -0.477 e. The molecule has 0 spiro atoms. The van der Waals surface area contributed by atoms with Crippen molar-refractivity contribution in [1.29, 1.82) is 0 Å². The van der Waals surface area contributed by atoms with Gasteiger partial charge in [0, 0.05) is 5.56 Å². The minimum atomic E-state index is -0.535. The number of carbonyl (C=O) groups is 1. The average molecular weight is 357 g/mol. The molecule has 6 heteroatoms. The van der Waals surface area contributed by atoms with Crippen LogP contribution in [0, 0.1) is 12.8 Å². The number of anilines is 1. The van der Waals surface area contributed by atoms with Crippen molar-refractivity contribution in [3.63, 3.8) is 0 Å². The first kappa shape index (κ1) is 16.1. The number of aryl methyl sites for hydroxylation is 1. The highest BCUT2D eigenvalue weighted by molar-refractivity contribution is 9.10. The second kappa shape index (κ2) is 6.22. The maximum atomic E-state index is 11.8. The van der Waals surface area contributed by atoms with E-state index in [0.717, 1.165) is 5.56 Å². The molecule has 0 saturated heterocycles. The third-order valence-electron chi connectivity index (χ3n) is 2.91. The van der Waals surface area contributed by atoms with Gasteiger partial charge in [0.1, 0.15) is 10.2 Å². The number of aromatic nitrogens is 1. The van der Waals surface area contributed by atoms with Crippen LogP contribution >= 0.6 is 15.9 Å². The van der Waals surface area contributed by atoms with Gasteiger partial charge in [0.25, 0.3) is 0 Å². The third kappa shape index (κ3) is 5.19. The van der Waals surface area contributed by atoms with Gasteiger partial charge in [0.15, 0.2) is 0 Å². The number of ether oxygens (including phenoxy) is 2. The summed E-state index contributed by atoms with van der Waals surface area (Å²) in [5.41, 5.74) is 0.914. The molecule has 1 aromatic rings. The Bertz CT molecular complexity index is 536. The highest BCUT2D eigenvalue weighted by Crippen LogP contribution is 2.32. The smallest absolute Gasteiger partial charge is 0.412 e. The highest BCUT2D eigenvalue weighted by atomic mass is 79.9. The normalized spacial score (nSPS) is 14.7. The third-order valence-corrected chi connectivity index (χ3v) is 3.51. The topological polar surface area (TPSA) is 60.5 Å². The fraction of sp³-hybridized carbons (Fsp3) is 0.600. The zero-order valence-corrected chi connectivity index (χ0v) is 14.4. The first-order chi connectivity index (χ1) is 9.74. The number of nitrogens with zero attached hydrogens (tertiary/aromatic N) is 1. The number of rotatable bonds is 4. The number of halogens is 1. The summed E-state index contributed by atoms with van der Waals surface area (Å²) < 4.78 is 11.5. The van der Waals surface area contributed by atoms with Gasteiger partial charge in [-0.15, -0.1) is 0 Å². The van der Waals surface area contributed by atoms with Gasteiger partial charge in [-0.2, -0.15) is 0 Å². The molecule has 1 amide bonds. The van der Waals surface area contributed by atoms with E-state index in [1.165, 1.54) is 12.8 Å². The highest BCUT2D eigenvalue weighted by Gasteiger charge is 2.23. The Morgan fingerprint density at radius 1 is 1.48 bits per heavy atom. The van der Waals surface area contributed by atoms with E-state index < -0.39 is 11.7 Å². The van der Waals surface area contributed by atoms with Crippen molar-refractivity contribution in [3.05, 3.63) is 16.2 Å². The lowest BCUT2D eigenvalue weighted by Crippen LogP contribution is -2.27. The molecule has 1 aliphatic rings. The lowest BCUT2D eigenvalue weighted by Gasteiger charge is -2.20. The molecule has 2 rings (SSSR count). The van der Waals surface area contributed by atoms with Crippen LogP contribution < -0.4 is 10.1 Å². The van der Waals surface area contributed by atoms with E-state index in [1.54, 1.807) is 0 Å². The largest absolute Gasteiger partial charge is 0.477 e. The Hall–Kier alpha value is -1.30.